The zero-order valence-electron chi connectivity index (χ0n) is 19.3. The minimum absolute atomic E-state index is 0.263. The summed E-state index contributed by atoms with van der Waals surface area (Å²) < 4.78 is 30.2. The number of hydrogen-bond acceptors (Lipinski definition) is 5. The fraction of sp³-hybridized carbons (Fsp3) is 0.913. The molecule has 0 radical (unpaired) electrons. The first-order chi connectivity index (χ1) is 13.9. The molecule has 0 unspecified atom stereocenters. The van der Waals surface area contributed by atoms with Crippen molar-refractivity contribution >= 4 is 18.4 Å². The van der Waals surface area contributed by atoms with Crippen molar-refractivity contribution in [3.63, 3.8) is 0 Å². The molecule has 2 heterocycles. The van der Waals surface area contributed by atoms with E-state index in [1.165, 1.54) is 51.8 Å². The van der Waals surface area contributed by atoms with Gasteiger partial charge in [0.1, 0.15) is 0 Å². The molecule has 0 aromatic rings. The van der Waals surface area contributed by atoms with E-state index in [0.717, 1.165) is 0 Å². The van der Waals surface area contributed by atoms with Crippen LogP contribution >= 0.6 is 0 Å². The molecule has 0 spiro atoms. The quantitative estimate of drug-likeness (QED) is 0.253. The standard InChI is InChI=1S/C11H17O5.3C4H9.Sn/c1-4-5-13-6-7-8-9(10(12)14-7)16-11(2,3)15-8;3*1-3-4-2;/h1,4,7-10,12H,5-6H2,2-3H3;3*1,3-4H2,2H3;/t7-,8-,9-,10-;;;;/m1..../s1. The van der Waals surface area contributed by atoms with Crippen molar-refractivity contribution < 1.29 is 24.1 Å². The molecule has 5 nitrogen and oxygen atoms in total. The maximum atomic E-state index is 10.1. The second-order valence-corrected chi connectivity index (χ2v) is 22.3. The Kier molecular flexibility index (Phi) is 10.9. The summed E-state index contributed by atoms with van der Waals surface area (Å²) in [5.41, 5.74) is 0. The molecule has 0 aromatic heterocycles. The van der Waals surface area contributed by atoms with Crippen LogP contribution < -0.4 is 0 Å². The van der Waals surface area contributed by atoms with Crippen molar-refractivity contribution in [1.82, 2.24) is 0 Å². The van der Waals surface area contributed by atoms with Gasteiger partial charge in [-0.25, -0.2) is 0 Å². The van der Waals surface area contributed by atoms with Gasteiger partial charge in [-0.2, -0.15) is 0 Å². The molecule has 1 N–H and O–H groups in total. The Morgan fingerprint density at radius 2 is 1.48 bits per heavy atom. The van der Waals surface area contributed by atoms with E-state index in [0.29, 0.717) is 13.2 Å². The summed E-state index contributed by atoms with van der Waals surface area (Å²) in [7, 11) is 0. The van der Waals surface area contributed by atoms with Crippen molar-refractivity contribution in [2.75, 3.05) is 13.2 Å². The zero-order chi connectivity index (χ0) is 21.3. The summed E-state index contributed by atoms with van der Waals surface area (Å²) in [6, 6.07) is 0. The van der Waals surface area contributed by atoms with Gasteiger partial charge in [0.15, 0.2) is 0 Å². The van der Waals surface area contributed by atoms with Gasteiger partial charge in [-0.1, -0.05) is 0 Å². The molecule has 6 heteroatoms. The van der Waals surface area contributed by atoms with Crippen molar-refractivity contribution in [1.29, 1.82) is 0 Å². The van der Waals surface area contributed by atoms with E-state index in [2.05, 4.69) is 30.9 Å². The molecule has 2 aliphatic rings. The van der Waals surface area contributed by atoms with E-state index >= 15 is 0 Å². The van der Waals surface area contributed by atoms with Crippen molar-refractivity contribution in [3.05, 3.63) is 10.2 Å². The summed E-state index contributed by atoms with van der Waals surface area (Å²) in [5.74, 6) is -0.676. The van der Waals surface area contributed by atoms with E-state index in [1.807, 2.05) is 13.8 Å². The van der Waals surface area contributed by atoms with Gasteiger partial charge in [0.05, 0.1) is 0 Å². The number of aliphatic hydroxyl groups excluding tert-OH is 1. The average Bonchev–Trinajstić information content (AvgIpc) is 3.16. The first-order valence-corrected chi connectivity index (χ1v) is 19.5. The number of rotatable bonds is 14. The number of ether oxygens (including phenoxy) is 4. The van der Waals surface area contributed by atoms with Crippen LogP contribution in [-0.2, 0) is 18.9 Å². The molecule has 4 atom stereocenters. The molecular formula is C23H44O5Sn. The van der Waals surface area contributed by atoms with E-state index in [1.54, 1.807) is 0 Å². The van der Waals surface area contributed by atoms with E-state index in [-0.39, 0.29) is 12.2 Å². The molecular weight excluding hydrogens is 475 g/mol. The molecule has 29 heavy (non-hydrogen) atoms. The molecule has 2 aliphatic heterocycles. The van der Waals surface area contributed by atoms with Gasteiger partial charge in [0, 0.05) is 0 Å². The van der Waals surface area contributed by atoms with Crippen LogP contribution in [0.2, 0.25) is 13.3 Å². The maximum absolute atomic E-state index is 10.1. The van der Waals surface area contributed by atoms with Gasteiger partial charge in [-0.3, -0.25) is 0 Å². The minimum atomic E-state index is -2.23. The van der Waals surface area contributed by atoms with E-state index < -0.39 is 36.6 Å². The summed E-state index contributed by atoms with van der Waals surface area (Å²) in [4.78, 5) is 0. The van der Waals surface area contributed by atoms with Crippen molar-refractivity contribution in [2.24, 2.45) is 0 Å². The van der Waals surface area contributed by atoms with Crippen LogP contribution in [0.15, 0.2) is 10.2 Å². The first kappa shape index (κ1) is 25.6. The number of hydrogen-bond donors (Lipinski definition) is 1. The third-order valence-electron chi connectivity index (χ3n) is 6.18. The number of aliphatic hydroxyl groups is 1. The van der Waals surface area contributed by atoms with Crippen molar-refractivity contribution in [2.45, 2.75) is 117 Å². The molecule has 0 aromatic carbocycles. The SMILES string of the molecule is CCC[CH2][Sn](/[CH]=C/COC[C@H]1O[C@@H](O)[C@@H]2OC(C)(C)O[C@@H]21)([CH2]CCC)[CH2]CCC. The Morgan fingerprint density at radius 1 is 0.931 bits per heavy atom. The molecule has 2 saturated heterocycles. The fourth-order valence-corrected chi connectivity index (χ4v) is 18.9. The Balaban J connectivity index is 1.86. The van der Waals surface area contributed by atoms with Gasteiger partial charge < -0.3 is 0 Å². The topological polar surface area (TPSA) is 57.2 Å². The summed E-state index contributed by atoms with van der Waals surface area (Å²) in [5, 5.41) is 10.1. The summed E-state index contributed by atoms with van der Waals surface area (Å²) >= 11 is -2.23. The fourth-order valence-electron chi connectivity index (χ4n) is 4.56. The Morgan fingerprint density at radius 3 is 2.03 bits per heavy atom. The Hall–Kier alpha value is 0.339. The van der Waals surface area contributed by atoms with Crippen LogP contribution in [0, 0.1) is 0 Å². The van der Waals surface area contributed by atoms with Crippen LogP contribution in [0.3, 0.4) is 0 Å². The van der Waals surface area contributed by atoms with Gasteiger partial charge in [0.2, 0.25) is 0 Å². The van der Waals surface area contributed by atoms with Crippen LogP contribution in [0.25, 0.3) is 0 Å². The average molecular weight is 519 g/mol. The normalized spacial score (nSPS) is 29.0. The van der Waals surface area contributed by atoms with Crippen LogP contribution in [0.5, 0.6) is 0 Å². The number of unbranched alkanes of at least 4 members (excludes halogenated alkanes) is 3. The van der Waals surface area contributed by atoms with Gasteiger partial charge in [-0.15, -0.1) is 0 Å². The van der Waals surface area contributed by atoms with Gasteiger partial charge in [-0.05, 0) is 0 Å². The monoisotopic (exact) mass is 520 g/mol. The van der Waals surface area contributed by atoms with E-state index in [9.17, 15) is 5.11 Å². The van der Waals surface area contributed by atoms with Gasteiger partial charge in [0.25, 0.3) is 0 Å². The molecule has 0 bridgehead atoms. The second-order valence-electron chi connectivity index (χ2n) is 9.24. The molecule has 2 fully saturated rings. The second kappa shape index (κ2) is 12.4. The third-order valence-corrected chi connectivity index (χ3v) is 20.4. The predicted molar refractivity (Wildman–Crippen MR) is 120 cm³/mol. The Labute approximate surface area is 182 Å². The zero-order valence-corrected chi connectivity index (χ0v) is 22.2. The van der Waals surface area contributed by atoms with Crippen LogP contribution in [0.1, 0.15) is 73.1 Å². The summed E-state index contributed by atoms with van der Waals surface area (Å²) in [6.45, 7) is 11.7. The molecule has 2 rings (SSSR count). The van der Waals surface area contributed by atoms with Crippen molar-refractivity contribution in [3.8, 4) is 0 Å². The molecule has 0 amide bonds. The molecule has 170 valence electrons. The summed E-state index contributed by atoms with van der Waals surface area (Å²) in [6.07, 6.45) is 8.39. The predicted octanol–water partition coefficient (Wildman–Crippen LogP) is 5.18. The molecule has 0 saturated carbocycles. The van der Waals surface area contributed by atoms with Crippen LogP contribution in [0.4, 0.5) is 0 Å². The van der Waals surface area contributed by atoms with Gasteiger partial charge >= 0.3 is 183 Å². The van der Waals surface area contributed by atoms with Crippen LogP contribution in [-0.4, -0.2) is 67.1 Å². The number of fused-ring (bicyclic) bond motifs is 1. The van der Waals surface area contributed by atoms with E-state index in [4.69, 9.17) is 18.9 Å². The third kappa shape index (κ3) is 7.76. The first-order valence-electron chi connectivity index (χ1n) is 11.8. The molecule has 0 aliphatic carbocycles. The Bertz CT molecular complexity index is 474.